The molecule has 0 aliphatic carbocycles. The van der Waals surface area contributed by atoms with Crippen molar-refractivity contribution < 1.29 is 4.43 Å². The van der Waals surface area contributed by atoms with Gasteiger partial charge in [0.25, 0.3) is 0 Å². The Labute approximate surface area is 126 Å². The lowest BCUT2D eigenvalue weighted by Crippen LogP contribution is -2.46. The van der Waals surface area contributed by atoms with Crippen LogP contribution in [-0.2, 0) is 4.43 Å². The summed E-state index contributed by atoms with van der Waals surface area (Å²) in [6, 6.07) is 10.9. The molecule has 0 heterocycles. The first kappa shape index (κ1) is 17.4. The second-order valence-corrected chi connectivity index (χ2v) is 11.8. The van der Waals surface area contributed by atoms with Crippen LogP contribution in [0.2, 0.25) is 18.1 Å². The Morgan fingerprint density at radius 1 is 1.15 bits per heavy atom. The maximum Gasteiger partial charge on any atom is 0.192 e. The first-order valence-electron chi connectivity index (χ1n) is 7.65. The van der Waals surface area contributed by atoms with Gasteiger partial charge in [0.2, 0.25) is 0 Å². The zero-order valence-corrected chi connectivity index (χ0v) is 15.2. The number of hydrogen-bond donors (Lipinski definition) is 1. The van der Waals surface area contributed by atoms with Crippen LogP contribution in [-0.4, -0.2) is 20.9 Å². The van der Waals surface area contributed by atoms with E-state index in [9.17, 15) is 0 Å². The molecule has 0 unspecified atom stereocenters. The zero-order chi connectivity index (χ0) is 15.4. The van der Waals surface area contributed by atoms with Gasteiger partial charge in [0, 0.05) is 6.04 Å². The van der Waals surface area contributed by atoms with Crippen molar-refractivity contribution >= 4 is 8.32 Å². The van der Waals surface area contributed by atoms with Gasteiger partial charge in [-0.1, -0.05) is 58.0 Å². The summed E-state index contributed by atoms with van der Waals surface area (Å²) in [7, 11) is -1.78. The lowest BCUT2D eigenvalue weighted by molar-refractivity contribution is 0.145. The molecular weight excluding hydrogens is 262 g/mol. The number of likely N-dealkylation sites (N-methyl/N-ethyl adjacent to an activating group) is 1. The molecule has 1 rings (SSSR count). The minimum absolute atomic E-state index is 0.122. The topological polar surface area (TPSA) is 21.3 Å². The van der Waals surface area contributed by atoms with Gasteiger partial charge in [-0.3, -0.25) is 0 Å². The highest BCUT2D eigenvalue weighted by molar-refractivity contribution is 6.74. The third kappa shape index (κ3) is 4.44. The molecule has 0 saturated carbocycles. The summed E-state index contributed by atoms with van der Waals surface area (Å²) in [5.74, 6) is 0. The predicted octanol–water partition coefficient (Wildman–Crippen LogP) is 4.75. The normalized spacial score (nSPS) is 15.9. The van der Waals surface area contributed by atoms with Crippen LogP contribution in [0.25, 0.3) is 0 Å². The zero-order valence-electron chi connectivity index (χ0n) is 14.2. The van der Waals surface area contributed by atoms with E-state index < -0.39 is 8.32 Å². The van der Waals surface area contributed by atoms with E-state index in [1.54, 1.807) is 0 Å². The van der Waals surface area contributed by atoms with Crippen LogP contribution in [0.15, 0.2) is 30.3 Å². The molecule has 0 amide bonds. The second-order valence-electron chi connectivity index (χ2n) is 7.06. The molecule has 1 aromatic rings. The Morgan fingerprint density at radius 3 is 2.15 bits per heavy atom. The van der Waals surface area contributed by atoms with Gasteiger partial charge in [-0.2, -0.15) is 0 Å². The Kier molecular flexibility index (Phi) is 5.99. The number of rotatable bonds is 6. The Bertz CT molecular complexity index is 397. The average Bonchev–Trinajstić information content (AvgIpc) is 2.36. The third-order valence-electron chi connectivity index (χ3n) is 4.34. The van der Waals surface area contributed by atoms with Crippen LogP contribution in [0.1, 0.15) is 46.3 Å². The van der Waals surface area contributed by atoms with E-state index in [1.807, 2.05) is 0 Å². The molecule has 2 nitrogen and oxygen atoms in total. The van der Waals surface area contributed by atoms with Crippen molar-refractivity contribution in [2.24, 2.45) is 0 Å². The van der Waals surface area contributed by atoms with E-state index in [1.165, 1.54) is 5.56 Å². The lowest BCUT2D eigenvalue weighted by atomic mass is 10.0. The van der Waals surface area contributed by atoms with Crippen molar-refractivity contribution in [3.8, 4) is 0 Å². The summed E-state index contributed by atoms with van der Waals surface area (Å²) in [6.45, 7) is 16.8. The van der Waals surface area contributed by atoms with Crippen molar-refractivity contribution in [2.75, 3.05) is 6.54 Å². The van der Waals surface area contributed by atoms with Crippen LogP contribution in [0.5, 0.6) is 0 Å². The summed E-state index contributed by atoms with van der Waals surface area (Å²) < 4.78 is 6.68. The molecule has 0 aromatic heterocycles. The molecule has 3 heteroatoms. The summed E-state index contributed by atoms with van der Waals surface area (Å²) in [5.41, 5.74) is 1.27. The standard InChI is InChI=1S/C17H31NOSi/c1-8-18-14(2)16(15-12-10-9-11-13-15)19-20(6,7)17(3,4)5/h9-14,16,18H,8H2,1-7H3/t14-,16-/m0/s1. The van der Waals surface area contributed by atoms with Crippen LogP contribution in [0, 0.1) is 0 Å². The highest BCUT2D eigenvalue weighted by atomic mass is 28.4. The smallest absolute Gasteiger partial charge is 0.192 e. The van der Waals surface area contributed by atoms with Crippen molar-refractivity contribution in [3.05, 3.63) is 35.9 Å². The van der Waals surface area contributed by atoms with Crippen LogP contribution >= 0.6 is 0 Å². The van der Waals surface area contributed by atoms with Gasteiger partial charge in [-0.15, -0.1) is 0 Å². The molecule has 0 fully saturated rings. The first-order valence-corrected chi connectivity index (χ1v) is 10.6. The van der Waals surface area contributed by atoms with Gasteiger partial charge in [-0.25, -0.2) is 0 Å². The van der Waals surface area contributed by atoms with E-state index in [2.05, 4.69) is 83.4 Å². The Morgan fingerprint density at radius 2 is 1.70 bits per heavy atom. The molecule has 0 aliphatic rings. The van der Waals surface area contributed by atoms with Crippen LogP contribution in [0.3, 0.4) is 0 Å². The summed E-state index contributed by atoms with van der Waals surface area (Å²) in [5, 5.41) is 3.74. The van der Waals surface area contributed by atoms with Gasteiger partial charge in [0.05, 0.1) is 6.10 Å². The van der Waals surface area contributed by atoms with Gasteiger partial charge >= 0.3 is 0 Å². The number of benzene rings is 1. The van der Waals surface area contributed by atoms with Gasteiger partial charge in [0.15, 0.2) is 8.32 Å². The van der Waals surface area contributed by atoms with Crippen molar-refractivity contribution in [1.82, 2.24) is 5.32 Å². The highest BCUT2D eigenvalue weighted by Crippen LogP contribution is 2.40. The minimum Gasteiger partial charge on any atom is -0.408 e. The molecule has 20 heavy (non-hydrogen) atoms. The molecule has 0 radical (unpaired) electrons. The van der Waals surface area contributed by atoms with Gasteiger partial charge in [0.1, 0.15) is 0 Å². The molecule has 114 valence electrons. The number of nitrogens with one attached hydrogen (secondary N) is 1. The summed E-state index contributed by atoms with van der Waals surface area (Å²) in [4.78, 5) is 0. The molecule has 1 aromatic carbocycles. The fraction of sp³-hybridized carbons (Fsp3) is 0.647. The monoisotopic (exact) mass is 293 g/mol. The quantitative estimate of drug-likeness (QED) is 0.764. The maximum atomic E-state index is 6.68. The molecule has 0 spiro atoms. The molecule has 0 bridgehead atoms. The Hall–Kier alpha value is -0.643. The second kappa shape index (κ2) is 6.88. The van der Waals surface area contributed by atoms with Crippen molar-refractivity contribution in [3.63, 3.8) is 0 Å². The predicted molar refractivity (Wildman–Crippen MR) is 90.6 cm³/mol. The van der Waals surface area contributed by atoms with E-state index in [-0.39, 0.29) is 11.1 Å². The summed E-state index contributed by atoms with van der Waals surface area (Å²) >= 11 is 0. The molecular formula is C17H31NOSi. The average molecular weight is 294 g/mol. The third-order valence-corrected chi connectivity index (χ3v) is 8.79. The maximum absolute atomic E-state index is 6.68. The lowest BCUT2D eigenvalue weighted by Gasteiger charge is -2.41. The SMILES string of the molecule is CCN[C@@H](C)[C@H](O[Si](C)(C)C(C)(C)C)c1ccccc1. The number of hydrogen-bond acceptors (Lipinski definition) is 2. The van der Waals surface area contributed by atoms with Crippen LogP contribution < -0.4 is 5.32 Å². The molecule has 0 saturated heterocycles. The van der Waals surface area contributed by atoms with E-state index in [0.29, 0.717) is 6.04 Å². The fourth-order valence-corrected chi connectivity index (χ4v) is 3.35. The molecule has 2 atom stereocenters. The Balaban J connectivity index is 3.01. The van der Waals surface area contributed by atoms with Gasteiger partial charge < -0.3 is 9.74 Å². The largest absolute Gasteiger partial charge is 0.408 e. The fourth-order valence-electron chi connectivity index (χ4n) is 2.02. The highest BCUT2D eigenvalue weighted by Gasteiger charge is 2.40. The summed E-state index contributed by atoms with van der Waals surface area (Å²) in [6.07, 6.45) is 0.122. The molecule has 0 aliphatic heterocycles. The van der Waals surface area contributed by atoms with Crippen LogP contribution in [0.4, 0.5) is 0 Å². The van der Waals surface area contributed by atoms with E-state index >= 15 is 0 Å². The van der Waals surface area contributed by atoms with E-state index in [0.717, 1.165) is 6.54 Å². The van der Waals surface area contributed by atoms with Gasteiger partial charge in [-0.05, 0) is 37.2 Å². The first-order chi connectivity index (χ1) is 9.19. The van der Waals surface area contributed by atoms with Crippen molar-refractivity contribution in [1.29, 1.82) is 0 Å². The molecule has 1 N–H and O–H groups in total. The van der Waals surface area contributed by atoms with Crippen molar-refractivity contribution in [2.45, 2.75) is 64.9 Å². The van der Waals surface area contributed by atoms with E-state index in [4.69, 9.17) is 4.43 Å². The minimum atomic E-state index is -1.78.